The first kappa shape index (κ1) is 10.2. The summed E-state index contributed by atoms with van der Waals surface area (Å²) >= 11 is 3.40. The van der Waals surface area contributed by atoms with Gasteiger partial charge in [-0.05, 0) is 17.7 Å². The molecule has 3 N–H and O–H groups in total. The monoisotopic (exact) mass is 241 g/mol. The fourth-order valence-corrected chi connectivity index (χ4v) is 1.48. The number of nitrogens with one attached hydrogen (secondary N) is 1. The predicted octanol–water partition coefficient (Wildman–Crippen LogP) is 1.48. The number of hydrazine groups is 1. The Labute approximate surface area is 86.1 Å². The Balaban J connectivity index is 2.74. The lowest BCUT2D eigenvalue weighted by Crippen LogP contribution is -2.31. The van der Waals surface area contributed by atoms with E-state index in [-0.39, 0.29) is 0 Å². The van der Waals surface area contributed by atoms with Crippen molar-refractivity contribution in [2.75, 3.05) is 7.05 Å². The highest BCUT2D eigenvalue weighted by atomic mass is 79.9. The van der Waals surface area contributed by atoms with Crippen LogP contribution < -0.4 is 11.3 Å². The molecule has 70 valence electrons. The lowest BCUT2D eigenvalue weighted by atomic mass is 10.1. The minimum Gasteiger partial charge on any atom is -0.312 e. The van der Waals surface area contributed by atoms with Gasteiger partial charge >= 0.3 is 0 Å². The molecule has 0 aromatic heterocycles. The molecule has 0 fully saturated rings. The van der Waals surface area contributed by atoms with E-state index in [2.05, 4.69) is 26.3 Å². The number of benzene rings is 1. The van der Waals surface area contributed by atoms with E-state index >= 15 is 0 Å². The third-order valence-electron chi connectivity index (χ3n) is 1.70. The summed E-state index contributed by atoms with van der Waals surface area (Å²) in [5.41, 5.74) is 3.73. The summed E-state index contributed by atoms with van der Waals surface area (Å²) < 4.78 is 1.07. The van der Waals surface area contributed by atoms with E-state index in [1.807, 2.05) is 24.3 Å². The quantitative estimate of drug-likeness (QED) is 0.357. The minimum absolute atomic E-state index is 0.729. The predicted molar refractivity (Wildman–Crippen MR) is 58.5 cm³/mol. The van der Waals surface area contributed by atoms with Crippen LogP contribution in [0, 0.1) is 0 Å². The second-order valence-corrected chi connectivity index (χ2v) is 3.54. The molecule has 3 nitrogen and oxygen atoms in total. The average molecular weight is 242 g/mol. The SMILES string of the molecule is CN=C(Cc1cccc(Br)c1)NN. The van der Waals surface area contributed by atoms with Gasteiger partial charge in [-0.15, -0.1) is 0 Å². The summed E-state index contributed by atoms with van der Waals surface area (Å²) in [7, 11) is 1.72. The third kappa shape index (κ3) is 3.16. The van der Waals surface area contributed by atoms with Gasteiger partial charge in [-0.1, -0.05) is 28.1 Å². The summed E-state index contributed by atoms with van der Waals surface area (Å²) in [6.45, 7) is 0. The lowest BCUT2D eigenvalue weighted by molar-refractivity contribution is 0.981. The largest absolute Gasteiger partial charge is 0.312 e. The van der Waals surface area contributed by atoms with Gasteiger partial charge in [-0.3, -0.25) is 4.99 Å². The van der Waals surface area contributed by atoms with E-state index in [0.29, 0.717) is 0 Å². The maximum atomic E-state index is 5.28. The highest BCUT2D eigenvalue weighted by Gasteiger charge is 1.98. The van der Waals surface area contributed by atoms with Gasteiger partial charge in [0.05, 0.1) is 0 Å². The molecule has 0 aliphatic rings. The van der Waals surface area contributed by atoms with Crippen LogP contribution in [0.1, 0.15) is 5.56 Å². The number of hydrogen-bond donors (Lipinski definition) is 2. The summed E-state index contributed by atoms with van der Waals surface area (Å²) in [4.78, 5) is 4.00. The highest BCUT2D eigenvalue weighted by Crippen LogP contribution is 2.11. The number of halogens is 1. The number of hydrogen-bond acceptors (Lipinski definition) is 2. The standard InChI is InChI=1S/C9H12BrN3/c1-12-9(13-11)6-7-3-2-4-8(10)5-7/h2-5H,6,11H2,1H3,(H,12,13). The van der Waals surface area contributed by atoms with E-state index in [9.17, 15) is 0 Å². The molecule has 0 aliphatic heterocycles. The molecule has 0 radical (unpaired) electrons. The van der Waals surface area contributed by atoms with Crippen molar-refractivity contribution in [3.63, 3.8) is 0 Å². The van der Waals surface area contributed by atoms with E-state index in [0.717, 1.165) is 16.7 Å². The Morgan fingerprint density at radius 3 is 2.92 bits per heavy atom. The van der Waals surface area contributed by atoms with Crippen molar-refractivity contribution in [1.29, 1.82) is 0 Å². The summed E-state index contributed by atoms with van der Waals surface area (Å²) in [5.74, 6) is 6.05. The molecule has 0 atom stereocenters. The fraction of sp³-hybridized carbons (Fsp3) is 0.222. The Morgan fingerprint density at radius 1 is 1.62 bits per heavy atom. The van der Waals surface area contributed by atoms with E-state index < -0.39 is 0 Å². The number of amidine groups is 1. The zero-order chi connectivity index (χ0) is 9.68. The van der Waals surface area contributed by atoms with Gasteiger partial charge in [0.2, 0.25) is 0 Å². The molecular weight excluding hydrogens is 230 g/mol. The molecule has 0 spiro atoms. The average Bonchev–Trinajstić information content (AvgIpc) is 2.14. The van der Waals surface area contributed by atoms with Crippen LogP contribution >= 0.6 is 15.9 Å². The van der Waals surface area contributed by atoms with Crippen LogP contribution in [0.15, 0.2) is 33.7 Å². The van der Waals surface area contributed by atoms with Gasteiger partial charge in [0, 0.05) is 17.9 Å². The molecule has 0 saturated heterocycles. The molecule has 0 unspecified atom stereocenters. The van der Waals surface area contributed by atoms with Gasteiger partial charge < -0.3 is 5.43 Å². The number of nitrogens with two attached hydrogens (primary N) is 1. The van der Waals surface area contributed by atoms with Crippen LogP contribution in [0.2, 0.25) is 0 Å². The molecule has 0 aliphatic carbocycles. The summed E-state index contributed by atoms with van der Waals surface area (Å²) in [5, 5.41) is 0. The van der Waals surface area contributed by atoms with Crippen molar-refractivity contribution in [2.24, 2.45) is 10.8 Å². The molecule has 1 aromatic carbocycles. The van der Waals surface area contributed by atoms with Crippen LogP contribution in [0.4, 0.5) is 0 Å². The highest BCUT2D eigenvalue weighted by molar-refractivity contribution is 9.10. The smallest absolute Gasteiger partial charge is 0.114 e. The van der Waals surface area contributed by atoms with Crippen LogP contribution in [0.3, 0.4) is 0 Å². The van der Waals surface area contributed by atoms with Crippen LogP contribution in [-0.4, -0.2) is 12.9 Å². The zero-order valence-corrected chi connectivity index (χ0v) is 9.01. The second-order valence-electron chi connectivity index (χ2n) is 2.62. The first-order chi connectivity index (χ1) is 6.26. The first-order valence-electron chi connectivity index (χ1n) is 3.93. The summed E-state index contributed by atoms with van der Waals surface area (Å²) in [6, 6.07) is 8.06. The number of nitrogens with zero attached hydrogens (tertiary/aromatic N) is 1. The third-order valence-corrected chi connectivity index (χ3v) is 2.19. The maximum absolute atomic E-state index is 5.28. The van der Waals surface area contributed by atoms with Gasteiger partial charge in [-0.25, -0.2) is 5.84 Å². The van der Waals surface area contributed by atoms with Gasteiger partial charge in [0.15, 0.2) is 0 Å². The van der Waals surface area contributed by atoms with E-state index in [1.54, 1.807) is 7.05 Å². The van der Waals surface area contributed by atoms with Crippen molar-refractivity contribution in [3.05, 3.63) is 34.3 Å². The van der Waals surface area contributed by atoms with Crippen molar-refractivity contribution >= 4 is 21.8 Å². The lowest BCUT2D eigenvalue weighted by Gasteiger charge is -2.04. The minimum atomic E-state index is 0.729. The van der Waals surface area contributed by atoms with E-state index in [4.69, 9.17) is 5.84 Å². The Morgan fingerprint density at radius 2 is 2.38 bits per heavy atom. The first-order valence-corrected chi connectivity index (χ1v) is 4.72. The number of rotatable bonds is 2. The molecule has 0 saturated carbocycles. The molecule has 4 heteroatoms. The molecule has 0 amide bonds. The Hall–Kier alpha value is -0.870. The normalized spacial score (nSPS) is 11.5. The molecular formula is C9H12BrN3. The van der Waals surface area contributed by atoms with Crippen molar-refractivity contribution < 1.29 is 0 Å². The molecule has 13 heavy (non-hydrogen) atoms. The summed E-state index contributed by atoms with van der Waals surface area (Å²) in [6.07, 6.45) is 0.729. The van der Waals surface area contributed by atoms with Gasteiger partial charge in [-0.2, -0.15) is 0 Å². The van der Waals surface area contributed by atoms with E-state index in [1.165, 1.54) is 5.56 Å². The Bertz CT molecular complexity index is 309. The fourth-order valence-electron chi connectivity index (χ4n) is 1.03. The van der Waals surface area contributed by atoms with Crippen LogP contribution in [-0.2, 0) is 6.42 Å². The number of aliphatic imine (C=N–C) groups is 1. The van der Waals surface area contributed by atoms with Crippen LogP contribution in [0.5, 0.6) is 0 Å². The van der Waals surface area contributed by atoms with Crippen molar-refractivity contribution in [3.8, 4) is 0 Å². The van der Waals surface area contributed by atoms with Crippen molar-refractivity contribution in [2.45, 2.75) is 6.42 Å². The zero-order valence-electron chi connectivity index (χ0n) is 7.42. The van der Waals surface area contributed by atoms with Gasteiger partial charge in [0.25, 0.3) is 0 Å². The molecule has 0 bridgehead atoms. The second kappa shape index (κ2) is 4.99. The van der Waals surface area contributed by atoms with Crippen LogP contribution in [0.25, 0.3) is 0 Å². The Kier molecular flexibility index (Phi) is 3.92. The molecule has 1 rings (SSSR count). The van der Waals surface area contributed by atoms with Crippen molar-refractivity contribution in [1.82, 2.24) is 5.43 Å². The van der Waals surface area contributed by atoms with Gasteiger partial charge in [0.1, 0.15) is 5.84 Å². The maximum Gasteiger partial charge on any atom is 0.114 e. The molecule has 1 aromatic rings. The topological polar surface area (TPSA) is 50.4 Å². The molecule has 0 heterocycles.